The monoisotopic (exact) mass is 259 g/mol. The van der Waals surface area contributed by atoms with Gasteiger partial charge in [0.05, 0.1) is 5.54 Å². The van der Waals surface area contributed by atoms with Gasteiger partial charge in [-0.1, -0.05) is 44.2 Å². The molecule has 1 fully saturated rings. The van der Waals surface area contributed by atoms with Crippen molar-refractivity contribution in [2.24, 2.45) is 5.92 Å². The third-order valence-corrected chi connectivity index (χ3v) is 3.60. The Hall–Kier alpha value is -1.84. The van der Waals surface area contributed by atoms with Crippen LogP contribution in [0.2, 0.25) is 0 Å². The van der Waals surface area contributed by atoms with Crippen LogP contribution in [-0.4, -0.2) is 22.3 Å². The number of amides is 2. The molecule has 1 atom stereocenters. The summed E-state index contributed by atoms with van der Waals surface area (Å²) in [5, 5.41) is 10.7. The Kier molecular flexibility index (Phi) is 3.60. The molecule has 1 unspecified atom stereocenters. The predicted octanol–water partition coefficient (Wildman–Crippen LogP) is 2.99. The summed E-state index contributed by atoms with van der Waals surface area (Å²) >= 11 is 0. The van der Waals surface area contributed by atoms with Crippen LogP contribution in [0.15, 0.2) is 30.3 Å². The van der Waals surface area contributed by atoms with Gasteiger partial charge in [0.25, 0.3) is 0 Å². The van der Waals surface area contributed by atoms with Crippen molar-refractivity contribution in [3.8, 4) is 0 Å². The highest BCUT2D eigenvalue weighted by Crippen LogP contribution is 2.30. The molecule has 2 N–H and O–H groups in total. The van der Waals surface area contributed by atoms with Crippen LogP contribution in [0.5, 0.6) is 0 Å². The van der Waals surface area contributed by atoms with E-state index in [4.69, 9.17) is 5.41 Å². The standard InChI is InChI=1S/C15H21N3O/c1-11(2)9-15(3)13(16)17-14(19)18(15)10-12-7-5-4-6-8-12/h4-8,11H,9-10H2,1-3H3,(H2,16,17,19). The van der Waals surface area contributed by atoms with E-state index in [1.807, 2.05) is 37.3 Å². The summed E-state index contributed by atoms with van der Waals surface area (Å²) in [6.45, 7) is 6.73. The van der Waals surface area contributed by atoms with Crippen LogP contribution in [0, 0.1) is 11.3 Å². The van der Waals surface area contributed by atoms with E-state index in [0.717, 1.165) is 12.0 Å². The molecule has 2 amide bonds. The van der Waals surface area contributed by atoms with Crippen molar-refractivity contribution in [1.82, 2.24) is 10.2 Å². The van der Waals surface area contributed by atoms with Crippen molar-refractivity contribution >= 4 is 11.9 Å². The number of hydrogen-bond acceptors (Lipinski definition) is 2. The Morgan fingerprint density at radius 3 is 2.53 bits per heavy atom. The first-order valence-corrected chi connectivity index (χ1v) is 6.65. The maximum absolute atomic E-state index is 12.1. The highest BCUT2D eigenvalue weighted by molar-refractivity contribution is 6.08. The second-order valence-corrected chi connectivity index (χ2v) is 5.75. The lowest BCUT2D eigenvalue weighted by Crippen LogP contribution is -2.47. The van der Waals surface area contributed by atoms with Crippen molar-refractivity contribution in [2.45, 2.75) is 39.3 Å². The van der Waals surface area contributed by atoms with Crippen molar-refractivity contribution in [1.29, 1.82) is 5.41 Å². The first kappa shape index (κ1) is 13.6. The maximum Gasteiger partial charge on any atom is 0.323 e. The third-order valence-electron chi connectivity index (χ3n) is 3.60. The summed E-state index contributed by atoms with van der Waals surface area (Å²) in [4.78, 5) is 13.8. The van der Waals surface area contributed by atoms with Crippen molar-refractivity contribution in [3.63, 3.8) is 0 Å². The van der Waals surface area contributed by atoms with E-state index in [2.05, 4.69) is 19.2 Å². The predicted molar refractivity (Wildman–Crippen MR) is 76.1 cm³/mol. The van der Waals surface area contributed by atoms with E-state index in [1.54, 1.807) is 4.90 Å². The number of carbonyl (C=O) groups is 1. The summed E-state index contributed by atoms with van der Waals surface area (Å²) in [6.07, 6.45) is 0.789. The van der Waals surface area contributed by atoms with Gasteiger partial charge in [-0.3, -0.25) is 10.7 Å². The quantitative estimate of drug-likeness (QED) is 0.858. The van der Waals surface area contributed by atoms with Crippen LogP contribution in [0.1, 0.15) is 32.8 Å². The minimum atomic E-state index is -0.527. The Morgan fingerprint density at radius 2 is 1.95 bits per heavy atom. The number of carbonyl (C=O) groups excluding carboxylic acids is 1. The van der Waals surface area contributed by atoms with E-state index in [0.29, 0.717) is 18.3 Å². The third kappa shape index (κ3) is 2.62. The van der Waals surface area contributed by atoms with E-state index in [9.17, 15) is 4.79 Å². The molecule has 0 aliphatic carbocycles. The van der Waals surface area contributed by atoms with Crippen LogP contribution in [0.3, 0.4) is 0 Å². The lowest BCUT2D eigenvalue weighted by Gasteiger charge is -2.34. The SMILES string of the molecule is CC(C)CC1(C)C(=N)NC(=O)N1Cc1ccccc1. The van der Waals surface area contributed by atoms with E-state index in [-0.39, 0.29) is 6.03 Å². The van der Waals surface area contributed by atoms with Gasteiger partial charge in [0.1, 0.15) is 5.84 Å². The zero-order valence-corrected chi connectivity index (χ0v) is 11.7. The molecule has 1 saturated heterocycles. The van der Waals surface area contributed by atoms with Crippen molar-refractivity contribution in [3.05, 3.63) is 35.9 Å². The topological polar surface area (TPSA) is 56.2 Å². The van der Waals surface area contributed by atoms with Gasteiger partial charge in [-0.05, 0) is 24.8 Å². The molecule has 0 bridgehead atoms. The van der Waals surface area contributed by atoms with E-state index < -0.39 is 5.54 Å². The number of urea groups is 1. The number of hydrogen-bond donors (Lipinski definition) is 2. The average molecular weight is 259 g/mol. The molecule has 0 radical (unpaired) electrons. The fourth-order valence-electron chi connectivity index (χ4n) is 2.69. The highest BCUT2D eigenvalue weighted by atomic mass is 16.2. The lowest BCUT2D eigenvalue weighted by molar-refractivity contribution is 0.163. The first-order valence-electron chi connectivity index (χ1n) is 6.65. The van der Waals surface area contributed by atoms with E-state index >= 15 is 0 Å². The van der Waals surface area contributed by atoms with Crippen LogP contribution < -0.4 is 5.32 Å². The largest absolute Gasteiger partial charge is 0.323 e. The first-order chi connectivity index (χ1) is 8.93. The van der Waals surface area contributed by atoms with Gasteiger partial charge in [0.2, 0.25) is 0 Å². The molecule has 1 heterocycles. The molecule has 102 valence electrons. The number of rotatable bonds is 4. The molecule has 0 spiro atoms. The Labute approximate surface area is 114 Å². The zero-order chi connectivity index (χ0) is 14.0. The van der Waals surface area contributed by atoms with Crippen LogP contribution in [0.4, 0.5) is 4.79 Å². The summed E-state index contributed by atoms with van der Waals surface area (Å²) in [6, 6.07) is 9.74. The second-order valence-electron chi connectivity index (χ2n) is 5.75. The smallest absolute Gasteiger partial charge is 0.308 e. The van der Waals surface area contributed by atoms with Gasteiger partial charge in [0.15, 0.2) is 0 Å². The minimum Gasteiger partial charge on any atom is -0.308 e. The molecule has 4 heteroatoms. The molecule has 19 heavy (non-hydrogen) atoms. The number of benzene rings is 1. The molecule has 1 aromatic carbocycles. The normalized spacial score (nSPS) is 23.1. The van der Waals surface area contributed by atoms with Gasteiger partial charge in [-0.25, -0.2) is 4.79 Å². The average Bonchev–Trinajstić information content (AvgIpc) is 2.54. The summed E-state index contributed by atoms with van der Waals surface area (Å²) < 4.78 is 0. The number of nitrogens with zero attached hydrogens (tertiary/aromatic N) is 1. The van der Waals surface area contributed by atoms with E-state index in [1.165, 1.54) is 0 Å². The molecule has 1 aliphatic heterocycles. The molecular weight excluding hydrogens is 238 g/mol. The van der Waals surface area contributed by atoms with Crippen molar-refractivity contribution in [2.75, 3.05) is 0 Å². The minimum absolute atomic E-state index is 0.169. The molecule has 1 aliphatic rings. The second kappa shape index (κ2) is 5.03. The van der Waals surface area contributed by atoms with Crippen LogP contribution in [0.25, 0.3) is 0 Å². The maximum atomic E-state index is 12.1. The highest BCUT2D eigenvalue weighted by Gasteiger charge is 2.46. The summed E-state index contributed by atoms with van der Waals surface area (Å²) in [5.74, 6) is 0.735. The van der Waals surface area contributed by atoms with Gasteiger partial charge in [-0.15, -0.1) is 0 Å². The summed E-state index contributed by atoms with van der Waals surface area (Å²) in [7, 11) is 0. The van der Waals surface area contributed by atoms with Crippen LogP contribution in [-0.2, 0) is 6.54 Å². The van der Waals surface area contributed by atoms with Gasteiger partial charge in [0, 0.05) is 6.54 Å². The van der Waals surface area contributed by atoms with Gasteiger partial charge < -0.3 is 4.90 Å². The Bertz CT molecular complexity index is 483. The molecule has 0 saturated carbocycles. The molecule has 2 rings (SSSR count). The molecular formula is C15H21N3O. The fourth-order valence-corrected chi connectivity index (χ4v) is 2.69. The van der Waals surface area contributed by atoms with Crippen LogP contribution >= 0.6 is 0 Å². The fraction of sp³-hybridized carbons (Fsp3) is 0.467. The van der Waals surface area contributed by atoms with Gasteiger partial charge in [-0.2, -0.15) is 0 Å². The van der Waals surface area contributed by atoms with Gasteiger partial charge >= 0.3 is 6.03 Å². The number of nitrogens with one attached hydrogen (secondary N) is 2. The lowest BCUT2D eigenvalue weighted by atomic mass is 9.89. The van der Waals surface area contributed by atoms with Crippen molar-refractivity contribution < 1.29 is 4.79 Å². The molecule has 0 aromatic heterocycles. The zero-order valence-electron chi connectivity index (χ0n) is 11.7. The number of amidine groups is 1. The Balaban J connectivity index is 2.25. The Morgan fingerprint density at radius 1 is 1.32 bits per heavy atom. The molecule has 4 nitrogen and oxygen atoms in total. The summed E-state index contributed by atoms with van der Waals surface area (Å²) in [5.41, 5.74) is 0.559. The molecule has 1 aromatic rings.